The van der Waals surface area contributed by atoms with Crippen molar-refractivity contribution in [3.05, 3.63) is 18.2 Å². The molecule has 0 amide bonds. The van der Waals surface area contributed by atoms with Crippen LogP contribution in [0.25, 0.3) is 0 Å². The van der Waals surface area contributed by atoms with Gasteiger partial charge in [-0.1, -0.05) is 6.07 Å². The first-order chi connectivity index (χ1) is 8.83. The first-order valence-corrected chi connectivity index (χ1v) is 6.83. The van der Waals surface area contributed by atoms with Gasteiger partial charge in [-0.05, 0) is 45.3 Å². The topological polar surface area (TPSA) is 37.4 Å². The number of rotatable bonds is 5. The summed E-state index contributed by atoms with van der Waals surface area (Å²) in [6.07, 6.45) is 2.47. The number of nitrogens with one attached hydrogen (secondary N) is 1. The molecule has 1 aliphatic rings. The van der Waals surface area contributed by atoms with Crippen LogP contribution in [0.2, 0.25) is 0 Å². The molecule has 100 valence electrons. The van der Waals surface area contributed by atoms with Gasteiger partial charge in [0.2, 0.25) is 5.88 Å². The first-order valence-electron chi connectivity index (χ1n) is 6.83. The van der Waals surface area contributed by atoms with Gasteiger partial charge in [-0.15, -0.1) is 0 Å². The maximum Gasteiger partial charge on any atom is 0.215 e. The molecular formula is C14H23N3O. The van der Waals surface area contributed by atoms with Crippen LogP contribution in [0.1, 0.15) is 19.8 Å². The average molecular weight is 249 g/mol. The molecule has 4 nitrogen and oxygen atoms in total. The molecule has 0 radical (unpaired) electrons. The molecule has 0 atom stereocenters. The van der Waals surface area contributed by atoms with E-state index in [4.69, 9.17) is 4.74 Å². The van der Waals surface area contributed by atoms with E-state index in [2.05, 4.69) is 21.3 Å². The Bertz CT molecular complexity index is 362. The predicted molar refractivity (Wildman–Crippen MR) is 74.3 cm³/mol. The van der Waals surface area contributed by atoms with Crippen molar-refractivity contribution >= 4 is 5.82 Å². The van der Waals surface area contributed by atoms with E-state index in [1.54, 1.807) is 0 Å². The van der Waals surface area contributed by atoms with E-state index in [0.717, 1.165) is 37.3 Å². The normalized spacial score (nSPS) is 16.9. The Balaban J connectivity index is 1.94. The number of ether oxygens (including phenoxy) is 1. The summed E-state index contributed by atoms with van der Waals surface area (Å²) in [5.41, 5.74) is 0. The van der Waals surface area contributed by atoms with Gasteiger partial charge in [-0.25, -0.2) is 0 Å². The molecule has 0 spiro atoms. The number of anilines is 1. The van der Waals surface area contributed by atoms with Crippen LogP contribution < -0.4 is 15.0 Å². The van der Waals surface area contributed by atoms with Crippen molar-refractivity contribution in [3.63, 3.8) is 0 Å². The molecule has 2 rings (SSSR count). The molecule has 1 aromatic rings. The predicted octanol–water partition coefficient (Wildman–Crippen LogP) is 1.92. The van der Waals surface area contributed by atoms with Gasteiger partial charge in [0.15, 0.2) is 0 Å². The third kappa shape index (κ3) is 3.35. The van der Waals surface area contributed by atoms with E-state index in [-0.39, 0.29) is 0 Å². The van der Waals surface area contributed by atoms with Crippen LogP contribution >= 0.6 is 0 Å². The van der Waals surface area contributed by atoms with E-state index < -0.39 is 0 Å². The SMILES string of the molecule is CCOc1cccc(N2CCC(CNC)CC2)n1. The largest absolute Gasteiger partial charge is 0.478 e. The molecule has 0 unspecified atom stereocenters. The fourth-order valence-corrected chi connectivity index (χ4v) is 2.46. The molecule has 0 aromatic carbocycles. The maximum atomic E-state index is 5.45. The summed E-state index contributed by atoms with van der Waals surface area (Å²) in [5, 5.41) is 3.26. The third-order valence-corrected chi connectivity index (χ3v) is 3.43. The quantitative estimate of drug-likeness (QED) is 0.865. The maximum absolute atomic E-state index is 5.45. The van der Waals surface area contributed by atoms with Gasteiger partial charge >= 0.3 is 0 Å². The van der Waals surface area contributed by atoms with E-state index >= 15 is 0 Å². The Morgan fingerprint density at radius 1 is 1.39 bits per heavy atom. The highest BCUT2D eigenvalue weighted by molar-refractivity contribution is 5.41. The molecule has 18 heavy (non-hydrogen) atoms. The monoisotopic (exact) mass is 249 g/mol. The van der Waals surface area contributed by atoms with Crippen LogP contribution in [0.4, 0.5) is 5.82 Å². The van der Waals surface area contributed by atoms with Crippen molar-refractivity contribution in [2.75, 3.05) is 38.2 Å². The van der Waals surface area contributed by atoms with Crippen molar-refractivity contribution in [2.45, 2.75) is 19.8 Å². The van der Waals surface area contributed by atoms with Crippen molar-refractivity contribution < 1.29 is 4.74 Å². The van der Waals surface area contributed by atoms with Gasteiger partial charge < -0.3 is 15.0 Å². The van der Waals surface area contributed by atoms with Crippen molar-refractivity contribution in [2.24, 2.45) is 5.92 Å². The molecule has 1 fully saturated rings. The fourth-order valence-electron chi connectivity index (χ4n) is 2.46. The van der Waals surface area contributed by atoms with Crippen LogP contribution in [0, 0.1) is 5.92 Å². The first kappa shape index (κ1) is 13.1. The molecular weight excluding hydrogens is 226 g/mol. The lowest BCUT2D eigenvalue weighted by molar-refractivity contribution is 0.326. The highest BCUT2D eigenvalue weighted by atomic mass is 16.5. The van der Waals surface area contributed by atoms with Gasteiger partial charge in [-0.3, -0.25) is 0 Å². The molecule has 1 aromatic heterocycles. The second-order valence-corrected chi connectivity index (χ2v) is 4.76. The summed E-state index contributed by atoms with van der Waals surface area (Å²) in [6.45, 7) is 5.96. The van der Waals surface area contributed by atoms with E-state index in [1.165, 1.54) is 12.8 Å². The standard InChI is InChI=1S/C14H23N3O/c1-3-18-14-6-4-5-13(16-14)17-9-7-12(8-10-17)11-15-2/h4-6,12,15H,3,7-11H2,1-2H3. The Morgan fingerprint density at radius 3 is 2.83 bits per heavy atom. The lowest BCUT2D eigenvalue weighted by Crippen LogP contribution is -2.37. The summed E-state index contributed by atoms with van der Waals surface area (Å²) in [7, 11) is 2.03. The minimum Gasteiger partial charge on any atom is -0.478 e. The molecule has 2 heterocycles. The molecule has 0 aliphatic carbocycles. The third-order valence-electron chi connectivity index (χ3n) is 3.43. The Morgan fingerprint density at radius 2 is 2.17 bits per heavy atom. The van der Waals surface area contributed by atoms with Crippen LogP contribution in [0.15, 0.2) is 18.2 Å². The van der Waals surface area contributed by atoms with Crippen LogP contribution in [0.5, 0.6) is 5.88 Å². The Kier molecular flexibility index (Phi) is 4.81. The van der Waals surface area contributed by atoms with E-state index in [1.807, 2.05) is 26.1 Å². The highest BCUT2D eigenvalue weighted by Gasteiger charge is 2.19. The molecule has 1 saturated heterocycles. The number of aromatic nitrogens is 1. The van der Waals surface area contributed by atoms with Gasteiger partial charge in [0, 0.05) is 19.2 Å². The van der Waals surface area contributed by atoms with Gasteiger partial charge in [0.05, 0.1) is 6.61 Å². The second kappa shape index (κ2) is 6.59. The molecule has 1 N–H and O–H groups in total. The van der Waals surface area contributed by atoms with E-state index in [9.17, 15) is 0 Å². The number of hydrogen-bond donors (Lipinski definition) is 1. The highest BCUT2D eigenvalue weighted by Crippen LogP contribution is 2.22. The summed E-state index contributed by atoms with van der Waals surface area (Å²) in [4.78, 5) is 6.90. The molecule has 0 saturated carbocycles. The number of hydrogen-bond acceptors (Lipinski definition) is 4. The lowest BCUT2D eigenvalue weighted by Gasteiger charge is -2.32. The zero-order valence-corrected chi connectivity index (χ0v) is 11.4. The zero-order valence-electron chi connectivity index (χ0n) is 11.4. The number of pyridine rings is 1. The average Bonchev–Trinajstić information content (AvgIpc) is 2.41. The van der Waals surface area contributed by atoms with Crippen LogP contribution in [-0.4, -0.2) is 38.3 Å². The van der Waals surface area contributed by atoms with Gasteiger partial charge in [0.1, 0.15) is 5.82 Å². The molecule has 0 bridgehead atoms. The summed E-state index contributed by atoms with van der Waals surface area (Å²) in [5.74, 6) is 2.58. The van der Waals surface area contributed by atoms with Crippen molar-refractivity contribution in [1.82, 2.24) is 10.3 Å². The minimum atomic E-state index is 0.667. The van der Waals surface area contributed by atoms with Crippen LogP contribution in [0.3, 0.4) is 0 Å². The Labute approximate surface area is 109 Å². The fraction of sp³-hybridized carbons (Fsp3) is 0.643. The molecule has 4 heteroatoms. The number of piperidine rings is 1. The molecule has 1 aliphatic heterocycles. The zero-order chi connectivity index (χ0) is 12.8. The second-order valence-electron chi connectivity index (χ2n) is 4.76. The Hall–Kier alpha value is -1.29. The van der Waals surface area contributed by atoms with Gasteiger partial charge in [0.25, 0.3) is 0 Å². The van der Waals surface area contributed by atoms with Crippen molar-refractivity contribution in [1.29, 1.82) is 0 Å². The number of nitrogens with zero attached hydrogens (tertiary/aromatic N) is 2. The van der Waals surface area contributed by atoms with E-state index in [0.29, 0.717) is 6.61 Å². The van der Waals surface area contributed by atoms with Crippen LogP contribution in [-0.2, 0) is 0 Å². The van der Waals surface area contributed by atoms with Gasteiger partial charge in [-0.2, -0.15) is 4.98 Å². The van der Waals surface area contributed by atoms with Crippen molar-refractivity contribution in [3.8, 4) is 5.88 Å². The summed E-state index contributed by atoms with van der Waals surface area (Å²) in [6, 6.07) is 6.01. The smallest absolute Gasteiger partial charge is 0.215 e. The summed E-state index contributed by atoms with van der Waals surface area (Å²) >= 11 is 0. The summed E-state index contributed by atoms with van der Waals surface area (Å²) < 4.78 is 5.45. The lowest BCUT2D eigenvalue weighted by atomic mass is 9.97. The minimum absolute atomic E-state index is 0.667.